The lowest BCUT2D eigenvalue weighted by molar-refractivity contribution is -0.123. The Labute approximate surface area is 201 Å². The van der Waals surface area contributed by atoms with Crippen molar-refractivity contribution >= 4 is 56.8 Å². The number of rotatable bonds is 8. The number of carbonyl (C=O) groups is 1. The van der Waals surface area contributed by atoms with Gasteiger partial charge in [-0.25, -0.2) is 4.57 Å². The number of hydrogen-bond acceptors (Lipinski definition) is 4. The van der Waals surface area contributed by atoms with Crippen molar-refractivity contribution in [2.75, 3.05) is 6.61 Å². The lowest BCUT2D eigenvalue weighted by Crippen LogP contribution is -2.45. The van der Waals surface area contributed by atoms with Gasteiger partial charge in [-0.15, -0.1) is 0 Å². The maximum atomic E-state index is 12.6. The third-order valence-corrected chi connectivity index (χ3v) is 7.26. The van der Waals surface area contributed by atoms with Gasteiger partial charge in [0, 0.05) is 6.42 Å². The molecule has 0 saturated heterocycles. The molecule has 180 valence electrons. The molecule has 0 unspecified atom stereocenters. The fourth-order valence-corrected chi connectivity index (χ4v) is 5.63. The number of nitrogens with one attached hydrogen (secondary N) is 1. The van der Waals surface area contributed by atoms with Gasteiger partial charge in [-0.3, -0.25) is 9.32 Å². The van der Waals surface area contributed by atoms with Gasteiger partial charge in [-0.05, 0) is 62.0 Å². The molecule has 2 atom stereocenters. The number of phosphoric ester groups is 1. The molecule has 0 aliphatic rings. The second-order valence-corrected chi connectivity index (χ2v) is 10.1. The molecule has 0 bridgehead atoms. The second kappa shape index (κ2) is 9.19. The first kappa shape index (κ1) is 23.7. The van der Waals surface area contributed by atoms with Crippen molar-refractivity contribution in [3.05, 3.63) is 72.3 Å². The summed E-state index contributed by atoms with van der Waals surface area (Å²) < 4.78 is 15.7. The first-order chi connectivity index (χ1) is 16.8. The van der Waals surface area contributed by atoms with Crippen molar-refractivity contribution < 1.29 is 28.8 Å². The summed E-state index contributed by atoms with van der Waals surface area (Å²) >= 11 is 0. The molecule has 35 heavy (non-hydrogen) atoms. The molecule has 0 spiro atoms. The molecule has 8 heteroatoms. The minimum atomic E-state index is -4.73. The van der Waals surface area contributed by atoms with E-state index in [2.05, 4.69) is 70.5 Å². The lowest BCUT2D eigenvalue weighted by atomic mass is 9.88. The Bertz CT molecular complexity index is 1540. The van der Waals surface area contributed by atoms with Gasteiger partial charge < -0.3 is 20.2 Å². The molecule has 0 saturated carbocycles. The van der Waals surface area contributed by atoms with Crippen LogP contribution in [0.25, 0.3) is 43.1 Å². The third kappa shape index (κ3) is 4.49. The Morgan fingerprint density at radius 3 is 2.09 bits per heavy atom. The van der Waals surface area contributed by atoms with Crippen LogP contribution in [0.5, 0.6) is 0 Å². The topological polar surface area (TPSA) is 116 Å². The monoisotopic (exact) mass is 491 g/mol. The van der Waals surface area contributed by atoms with Crippen LogP contribution < -0.4 is 5.32 Å². The Balaban J connectivity index is 1.45. The zero-order valence-electron chi connectivity index (χ0n) is 19.1. The van der Waals surface area contributed by atoms with Gasteiger partial charge in [-0.2, -0.15) is 0 Å². The van der Waals surface area contributed by atoms with Crippen LogP contribution in [0, 0.1) is 0 Å². The van der Waals surface area contributed by atoms with Crippen LogP contribution in [0.15, 0.2) is 66.7 Å². The Hall–Kier alpha value is -3.06. The first-order valence-electron chi connectivity index (χ1n) is 11.5. The van der Waals surface area contributed by atoms with Gasteiger partial charge in [0.1, 0.15) is 0 Å². The molecule has 0 heterocycles. The molecule has 5 rings (SSSR count). The zero-order valence-corrected chi connectivity index (χ0v) is 20.0. The highest BCUT2D eigenvalue weighted by atomic mass is 31.2. The summed E-state index contributed by atoms with van der Waals surface area (Å²) in [6, 6.07) is 22.2. The van der Waals surface area contributed by atoms with E-state index in [0.717, 1.165) is 10.9 Å². The Kier molecular flexibility index (Phi) is 6.21. The Morgan fingerprint density at radius 2 is 1.46 bits per heavy atom. The molecule has 5 aromatic carbocycles. The summed E-state index contributed by atoms with van der Waals surface area (Å²) in [6.45, 7) is 0.893. The number of amides is 1. The standard InChI is InChI=1S/C27H26NO6P/c1-16(34-35(31,32)33)24(15-29)28-25(30)14-12-17-11-13-23-21-9-3-6-18-5-2-8-20(26(18)21)22-10-4-7-19(17)27(22)23/h2-11,13,16,24,29H,12,14-15H2,1H3,(H,28,30)(H2,31,32,33)/t16-,24-/m0/s1. The number of aliphatic hydroxyl groups excluding tert-OH is 1. The SMILES string of the molecule is C[C@H](OP(=O)(O)O)[C@H](CO)NC(=O)CCc1ccc2c3cccc4cccc(c5cccc1c52)c43. The van der Waals surface area contributed by atoms with Crippen LogP contribution in [0.1, 0.15) is 18.9 Å². The largest absolute Gasteiger partial charge is 0.469 e. The molecule has 0 radical (unpaired) electrons. The van der Waals surface area contributed by atoms with Crippen LogP contribution >= 0.6 is 7.82 Å². The fourth-order valence-electron chi connectivity index (χ4n) is 5.05. The van der Waals surface area contributed by atoms with E-state index in [-0.39, 0.29) is 12.3 Å². The van der Waals surface area contributed by atoms with E-state index in [1.165, 1.54) is 44.6 Å². The molecule has 0 aliphatic carbocycles. The molecule has 0 aliphatic heterocycles. The lowest BCUT2D eigenvalue weighted by Gasteiger charge is -2.23. The molecular formula is C27H26NO6P. The van der Waals surface area contributed by atoms with Gasteiger partial charge in [0.05, 0.1) is 18.8 Å². The van der Waals surface area contributed by atoms with E-state index in [9.17, 15) is 14.5 Å². The van der Waals surface area contributed by atoms with Gasteiger partial charge in [-0.1, -0.05) is 66.7 Å². The zero-order chi connectivity index (χ0) is 24.7. The predicted octanol–water partition coefficient (Wildman–Crippen LogP) is 4.64. The molecule has 4 N–H and O–H groups in total. The summed E-state index contributed by atoms with van der Waals surface area (Å²) in [6.07, 6.45) is -0.415. The van der Waals surface area contributed by atoms with Crippen molar-refractivity contribution in [1.29, 1.82) is 0 Å². The van der Waals surface area contributed by atoms with Crippen molar-refractivity contribution in [3.63, 3.8) is 0 Å². The summed E-state index contributed by atoms with van der Waals surface area (Å²) in [4.78, 5) is 30.6. The molecule has 5 aromatic rings. The van der Waals surface area contributed by atoms with Gasteiger partial charge in [0.25, 0.3) is 0 Å². The van der Waals surface area contributed by atoms with E-state index in [1.54, 1.807) is 0 Å². The maximum absolute atomic E-state index is 12.6. The van der Waals surface area contributed by atoms with Crippen molar-refractivity contribution in [1.82, 2.24) is 5.32 Å². The Morgan fingerprint density at radius 1 is 0.886 bits per heavy atom. The van der Waals surface area contributed by atoms with E-state index in [4.69, 9.17) is 9.79 Å². The van der Waals surface area contributed by atoms with Crippen LogP contribution in [-0.4, -0.2) is 39.6 Å². The van der Waals surface area contributed by atoms with E-state index in [0.29, 0.717) is 6.42 Å². The van der Waals surface area contributed by atoms with Crippen molar-refractivity contribution in [3.8, 4) is 0 Å². The molecule has 0 aromatic heterocycles. The van der Waals surface area contributed by atoms with E-state index in [1.807, 2.05) is 6.07 Å². The number of phosphoric acid groups is 1. The summed E-state index contributed by atoms with van der Waals surface area (Å²) in [5.74, 6) is -0.333. The summed E-state index contributed by atoms with van der Waals surface area (Å²) in [5, 5.41) is 21.7. The second-order valence-electron chi connectivity index (χ2n) is 8.87. The predicted molar refractivity (Wildman–Crippen MR) is 138 cm³/mol. The van der Waals surface area contributed by atoms with Crippen LogP contribution in [0.3, 0.4) is 0 Å². The number of aryl methyl sites for hydroxylation is 1. The number of benzene rings is 5. The van der Waals surface area contributed by atoms with Gasteiger partial charge in [0.2, 0.25) is 5.91 Å². The molecule has 1 amide bonds. The highest BCUT2D eigenvalue weighted by Crippen LogP contribution is 2.41. The minimum absolute atomic E-state index is 0.157. The fraction of sp³-hybridized carbons (Fsp3) is 0.222. The number of aliphatic hydroxyl groups is 1. The van der Waals surface area contributed by atoms with Crippen LogP contribution in [0.2, 0.25) is 0 Å². The van der Waals surface area contributed by atoms with E-state index < -0.39 is 26.6 Å². The van der Waals surface area contributed by atoms with Crippen LogP contribution in [0.4, 0.5) is 0 Å². The van der Waals surface area contributed by atoms with Crippen LogP contribution in [-0.2, 0) is 20.3 Å². The average Bonchev–Trinajstić information content (AvgIpc) is 2.83. The number of fused-ring (bicyclic) bond motifs is 2. The smallest absolute Gasteiger partial charge is 0.394 e. The quantitative estimate of drug-likeness (QED) is 0.143. The number of hydrogen-bond donors (Lipinski definition) is 4. The highest BCUT2D eigenvalue weighted by Gasteiger charge is 2.26. The molecule has 7 nitrogen and oxygen atoms in total. The summed E-state index contributed by atoms with van der Waals surface area (Å²) in [7, 11) is -4.73. The summed E-state index contributed by atoms with van der Waals surface area (Å²) in [5.41, 5.74) is 1.03. The van der Waals surface area contributed by atoms with Crippen molar-refractivity contribution in [2.45, 2.75) is 31.9 Å². The van der Waals surface area contributed by atoms with Crippen molar-refractivity contribution in [2.24, 2.45) is 0 Å². The van der Waals surface area contributed by atoms with E-state index >= 15 is 0 Å². The third-order valence-electron chi connectivity index (χ3n) is 6.65. The minimum Gasteiger partial charge on any atom is -0.394 e. The average molecular weight is 491 g/mol. The van der Waals surface area contributed by atoms with Gasteiger partial charge >= 0.3 is 7.82 Å². The highest BCUT2D eigenvalue weighted by molar-refractivity contribution is 7.46. The first-order valence-corrected chi connectivity index (χ1v) is 13.0. The molecular weight excluding hydrogens is 465 g/mol. The maximum Gasteiger partial charge on any atom is 0.469 e. The number of carbonyl (C=O) groups excluding carboxylic acids is 1. The van der Waals surface area contributed by atoms with Gasteiger partial charge in [0.15, 0.2) is 0 Å². The molecule has 0 fully saturated rings. The normalized spacial score (nSPS) is 14.2.